The highest BCUT2D eigenvalue weighted by Crippen LogP contribution is 2.37. The number of aromatic nitrogens is 3. The zero-order chi connectivity index (χ0) is 32.1. The van der Waals surface area contributed by atoms with Crippen molar-refractivity contribution in [1.29, 1.82) is 0 Å². The van der Waals surface area contributed by atoms with Crippen LogP contribution in [0.1, 0.15) is 77.7 Å². The predicted molar refractivity (Wildman–Crippen MR) is 172 cm³/mol. The lowest BCUT2D eigenvalue weighted by Gasteiger charge is -2.27. The summed E-state index contributed by atoms with van der Waals surface area (Å²) in [5.74, 6) is 7.63. The average Bonchev–Trinajstić information content (AvgIpc) is 3.05. The fourth-order valence-corrected chi connectivity index (χ4v) is 5.87. The van der Waals surface area contributed by atoms with Gasteiger partial charge in [0.1, 0.15) is 11.4 Å². The number of hydrogen-bond acceptors (Lipinski definition) is 10. The zero-order valence-corrected chi connectivity index (χ0v) is 25.9. The van der Waals surface area contributed by atoms with Crippen LogP contribution in [0.15, 0.2) is 41.5 Å². The lowest BCUT2D eigenvalue weighted by Crippen LogP contribution is -2.24. The molecule has 5 rings (SSSR count). The molecule has 0 bridgehead atoms. The normalized spacial score (nSPS) is 13.2. The van der Waals surface area contributed by atoms with E-state index in [1.807, 2.05) is 16.7 Å². The number of nitrogens with zero attached hydrogens (tertiary/aromatic N) is 3. The van der Waals surface area contributed by atoms with Crippen molar-refractivity contribution >= 4 is 28.6 Å². The van der Waals surface area contributed by atoms with Gasteiger partial charge in [-0.05, 0) is 49.6 Å². The second-order valence-corrected chi connectivity index (χ2v) is 10.8. The van der Waals surface area contributed by atoms with Crippen LogP contribution in [0.2, 0.25) is 0 Å². The van der Waals surface area contributed by atoms with Crippen molar-refractivity contribution in [3.05, 3.63) is 74.7 Å². The highest BCUT2D eigenvalue weighted by molar-refractivity contribution is 5.96. The molecule has 1 saturated carbocycles. The minimum absolute atomic E-state index is 0.0107. The third-order valence-electron chi connectivity index (χ3n) is 8.00. The Hall–Kier alpha value is -5.24. The number of fused-ring (bicyclic) bond motifs is 1. The molecule has 45 heavy (non-hydrogen) atoms. The Morgan fingerprint density at radius 3 is 2.40 bits per heavy atom. The van der Waals surface area contributed by atoms with E-state index in [9.17, 15) is 9.59 Å². The van der Waals surface area contributed by atoms with E-state index in [-0.39, 0.29) is 24.2 Å². The van der Waals surface area contributed by atoms with Crippen molar-refractivity contribution < 1.29 is 23.7 Å². The lowest BCUT2D eigenvalue weighted by atomic mass is 9.94. The molecule has 11 heteroatoms. The number of rotatable bonds is 8. The van der Waals surface area contributed by atoms with E-state index in [2.05, 4.69) is 21.8 Å². The van der Waals surface area contributed by atoms with Gasteiger partial charge in [-0.3, -0.25) is 4.79 Å². The Bertz CT molecular complexity index is 1870. The topological polar surface area (TPSA) is 154 Å². The summed E-state index contributed by atoms with van der Waals surface area (Å²) in [5, 5.41) is 0.373. The number of benzene rings is 2. The van der Waals surface area contributed by atoms with E-state index in [0.29, 0.717) is 57.1 Å². The predicted octanol–water partition coefficient (Wildman–Crippen LogP) is 4.65. The van der Waals surface area contributed by atoms with E-state index in [1.54, 1.807) is 52.8 Å². The van der Waals surface area contributed by atoms with Gasteiger partial charge in [0.2, 0.25) is 11.4 Å². The van der Waals surface area contributed by atoms with E-state index >= 15 is 0 Å². The van der Waals surface area contributed by atoms with Gasteiger partial charge in [-0.2, -0.15) is 4.98 Å². The summed E-state index contributed by atoms with van der Waals surface area (Å²) in [6.07, 6.45) is 8.74. The van der Waals surface area contributed by atoms with Gasteiger partial charge in [0.25, 0.3) is 0 Å². The van der Waals surface area contributed by atoms with Crippen molar-refractivity contribution in [3.63, 3.8) is 0 Å². The quantitative estimate of drug-likeness (QED) is 0.212. The van der Waals surface area contributed by atoms with Crippen molar-refractivity contribution in [2.45, 2.75) is 51.5 Å². The maximum Gasteiger partial charge on any atom is 0.343 e. The second-order valence-electron chi connectivity index (χ2n) is 10.8. The van der Waals surface area contributed by atoms with E-state index in [0.717, 1.165) is 37.7 Å². The van der Waals surface area contributed by atoms with Gasteiger partial charge in [0.15, 0.2) is 17.2 Å². The van der Waals surface area contributed by atoms with Crippen LogP contribution in [0.3, 0.4) is 0 Å². The van der Waals surface area contributed by atoms with Crippen molar-refractivity contribution in [1.82, 2.24) is 14.5 Å². The van der Waals surface area contributed by atoms with Crippen LogP contribution in [0, 0.1) is 11.8 Å². The van der Waals surface area contributed by atoms with Crippen LogP contribution in [0.5, 0.6) is 17.2 Å². The minimum atomic E-state index is -0.634. The third kappa shape index (κ3) is 6.36. The van der Waals surface area contributed by atoms with E-state index in [1.165, 1.54) is 0 Å². The summed E-state index contributed by atoms with van der Waals surface area (Å²) in [6, 6.07) is 7.26. The molecule has 2 aromatic heterocycles. The molecular formula is C34H37N5O6. The molecule has 1 aliphatic rings. The maximum atomic E-state index is 13.6. The lowest BCUT2D eigenvalue weighted by molar-refractivity contribution is 0.0524. The fourth-order valence-electron chi connectivity index (χ4n) is 5.87. The number of pyridine rings is 1. The molecule has 0 radical (unpaired) electrons. The van der Waals surface area contributed by atoms with Gasteiger partial charge in [0, 0.05) is 30.4 Å². The molecule has 0 atom stereocenters. The van der Waals surface area contributed by atoms with Gasteiger partial charge in [-0.1, -0.05) is 31.1 Å². The molecule has 2 heterocycles. The third-order valence-corrected chi connectivity index (χ3v) is 8.00. The number of hydrogen-bond donors (Lipinski definition) is 2. The van der Waals surface area contributed by atoms with Crippen LogP contribution in [0.4, 0.5) is 11.8 Å². The first kappa shape index (κ1) is 31.2. The maximum absolute atomic E-state index is 13.6. The zero-order valence-electron chi connectivity index (χ0n) is 25.9. The summed E-state index contributed by atoms with van der Waals surface area (Å²) < 4.78 is 24.5. The number of nitrogens with two attached hydrogens (primary N) is 2. The number of carbonyl (C=O) groups excluding carboxylic acids is 1. The Morgan fingerprint density at radius 2 is 1.73 bits per heavy atom. The highest BCUT2D eigenvalue weighted by atomic mass is 16.5. The molecule has 0 saturated heterocycles. The molecule has 4 N–H and O–H groups in total. The molecule has 0 amide bonds. The van der Waals surface area contributed by atoms with Crippen LogP contribution in [-0.2, 0) is 11.2 Å². The number of ether oxygens (including phenoxy) is 4. The monoisotopic (exact) mass is 611 g/mol. The number of carbonyl (C=O) groups is 1. The van der Waals surface area contributed by atoms with Crippen molar-refractivity contribution in [3.8, 4) is 29.1 Å². The van der Waals surface area contributed by atoms with Crippen LogP contribution in [-0.4, -0.2) is 48.4 Å². The molecule has 0 spiro atoms. The van der Waals surface area contributed by atoms with Gasteiger partial charge in [0.05, 0.1) is 50.0 Å². The average molecular weight is 612 g/mol. The standard InChI is InChI=1S/C34H37N5O6/c1-5-45-33(41)26-19-39(24-9-7-6-8-10-24)28-25(29(26)40)14-13-21(31(28)44-4)11-12-22-15-20(17-27(42-2)30(22)43-3)16-23-18-37-34(36)38-32(23)35/h13-15,17-19,24H,5-10,16H2,1-4H3,(H4,35,36,37,38). The van der Waals surface area contributed by atoms with Gasteiger partial charge in [-0.25, -0.2) is 9.78 Å². The summed E-state index contributed by atoms with van der Waals surface area (Å²) >= 11 is 0. The van der Waals surface area contributed by atoms with E-state index < -0.39 is 11.4 Å². The van der Waals surface area contributed by atoms with Gasteiger partial charge >= 0.3 is 5.97 Å². The Balaban J connectivity index is 1.66. The number of anilines is 2. The molecule has 11 nitrogen and oxygen atoms in total. The first-order valence-electron chi connectivity index (χ1n) is 14.9. The number of esters is 1. The van der Waals surface area contributed by atoms with Gasteiger partial charge in [-0.15, -0.1) is 0 Å². The second kappa shape index (κ2) is 13.6. The van der Waals surface area contributed by atoms with Gasteiger partial charge < -0.3 is 35.0 Å². The van der Waals surface area contributed by atoms with E-state index in [4.69, 9.17) is 30.4 Å². The molecule has 1 aliphatic carbocycles. The van der Waals surface area contributed by atoms with Crippen molar-refractivity contribution in [2.75, 3.05) is 39.4 Å². The SMILES string of the molecule is CCOC(=O)c1cn(C2CCCCC2)c2c(OC)c(C#Cc3cc(Cc4cnc(N)nc4N)cc(OC)c3OC)ccc2c1=O. The summed E-state index contributed by atoms with van der Waals surface area (Å²) in [7, 11) is 4.66. The molecule has 0 aliphatic heterocycles. The summed E-state index contributed by atoms with van der Waals surface area (Å²) in [4.78, 5) is 34.5. The largest absolute Gasteiger partial charge is 0.493 e. The minimum Gasteiger partial charge on any atom is -0.493 e. The Labute approximate surface area is 261 Å². The molecule has 1 fully saturated rings. The molecular weight excluding hydrogens is 574 g/mol. The molecule has 2 aromatic carbocycles. The van der Waals surface area contributed by atoms with Crippen molar-refractivity contribution in [2.24, 2.45) is 0 Å². The first-order chi connectivity index (χ1) is 21.8. The van der Waals surface area contributed by atoms with Crippen LogP contribution < -0.4 is 31.1 Å². The smallest absolute Gasteiger partial charge is 0.343 e. The first-order valence-corrected chi connectivity index (χ1v) is 14.9. The molecule has 234 valence electrons. The number of nitrogen functional groups attached to an aromatic ring is 2. The fraction of sp³-hybridized carbons (Fsp3) is 0.353. The summed E-state index contributed by atoms with van der Waals surface area (Å²) in [6.45, 7) is 1.89. The molecule has 0 unspecified atom stereocenters. The summed E-state index contributed by atoms with van der Waals surface area (Å²) in [5.41, 5.74) is 14.7. The highest BCUT2D eigenvalue weighted by Gasteiger charge is 2.25. The van der Waals surface area contributed by atoms with Crippen LogP contribution >= 0.6 is 0 Å². The Morgan fingerprint density at radius 1 is 1.00 bits per heavy atom. The molecule has 4 aromatic rings. The van der Waals surface area contributed by atoms with Crippen LogP contribution in [0.25, 0.3) is 10.9 Å². The Kier molecular flexibility index (Phi) is 9.42. The number of methoxy groups -OCH3 is 3.